The molecule has 0 saturated carbocycles. The standard InChI is InChI=1S/C16H24ClN3/c1-12-7-8-14-15(11-12)20(16(18-14)13(2)17)10-6-5-9-19(3)4/h7-8,11,13H,5-6,9-10H2,1-4H3. The van der Waals surface area contributed by atoms with Gasteiger partial charge in [-0.15, -0.1) is 11.6 Å². The second-order valence-corrected chi connectivity index (χ2v) is 6.39. The molecule has 0 radical (unpaired) electrons. The van der Waals surface area contributed by atoms with Gasteiger partial charge in [0.2, 0.25) is 0 Å². The lowest BCUT2D eigenvalue weighted by Crippen LogP contribution is -2.14. The summed E-state index contributed by atoms with van der Waals surface area (Å²) in [5.74, 6) is 0.983. The van der Waals surface area contributed by atoms with E-state index in [-0.39, 0.29) is 5.38 Å². The summed E-state index contributed by atoms with van der Waals surface area (Å²) >= 11 is 6.29. The molecule has 1 atom stereocenters. The van der Waals surface area contributed by atoms with Crippen molar-refractivity contribution in [3.05, 3.63) is 29.6 Å². The van der Waals surface area contributed by atoms with Crippen LogP contribution in [0.5, 0.6) is 0 Å². The van der Waals surface area contributed by atoms with Crippen molar-refractivity contribution >= 4 is 22.6 Å². The molecule has 4 heteroatoms. The smallest absolute Gasteiger partial charge is 0.127 e. The minimum Gasteiger partial charge on any atom is -0.327 e. The van der Waals surface area contributed by atoms with E-state index in [9.17, 15) is 0 Å². The number of aromatic nitrogens is 2. The molecule has 1 aromatic heterocycles. The third-order valence-electron chi connectivity index (χ3n) is 3.53. The first-order valence-electron chi connectivity index (χ1n) is 7.24. The summed E-state index contributed by atoms with van der Waals surface area (Å²) in [6.07, 6.45) is 2.34. The van der Waals surface area contributed by atoms with Gasteiger partial charge in [-0.3, -0.25) is 0 Å². The first-order valence-corrected chi connectivity index (χ1v) is 7.68. The van der Waals surface area contributed by atoms with Crippen LogP contribution in [0.2, 0.25) is 0 Å². The molecular weight excluding hydrogens is 270 g/mol. The van der Waals surface area contributed by atoms with Gasteiger partial charge in [0.15, 0.2) is 0 Å². The minimum atomic E-state index is -0.0587. The monoisotopic (exact) mass is 293 g/mol. The van der Waals surface area contributed by atoms with E-state index in [0.717, 1.165) is 30.9 Å². The molecule has 2 aromatic rings. The Hall–Kier alpha value is -1.06. The van der Waals surface area contributed by atoms with Crippen molar-refractivity contribution in [2.45, 2.75) is 38.6 Å². The first kappa shape index (κ1) is 15.3. The topological polar surface area (TPSA) is 21.1 Å². The molecule has 0 amide bonds. The molecule has 1 heterocycles. The number of hydrogen-bond acceptors (Lipinski definition) is 2. The van der Waals surface area contributed by atoms with Gasteiger partial charge in [-0.05, 0) is 65.0 Å². The fraction of sp³-hybridized carbons (Fsp3) is 0.562. The molecule has 0 N–H and O–H groups in total. The number of aryl methyl sites for hydroxylation is 2. The van der Waals surface area contributed by atoms with Crippen LogP contribution in [0.1, 0.15) is 36.5 Å². The first-order chi connectivity index (χ1) is 9.49. The lowest BCUT2D eigenvalue weighted by molar-refractivity contribution is 0.387. The molecule has 0 spiro atoms. The zero-order valence-electron chi connectivity index (χ0n) is 12.9. The number of nitrogens with zero attached hydrogens (tertiary/aromatic N) is 3. The fourth-order valence-electron chi connectivity index (χ4n) is 2.49. The maximum atomic E-state index is 6.29. The third-order valence-corrected chi connectivity index (χ3v) is 3.72. The second-order valence-electron chi connectivity index (χ2n) is 5.74. The lowest BCUT2D eigenvalue weighted by atomic mass is 10.2. The van der Waals surface area contributed by atoms with E-state index in [1.807, 2.05) is 6.92 Å². The van der Waals surface area contributed by atoms with E-state index >= 15 is 0 Å². The minimum absolute atomic E-state index is 0.0587. The van der Waals surface area contributed by atoms with Crippen LogP contribution in [0.15, 0.2) is 18.2 Å². The molecule has 0 aliphatic heterocycles. The van der Waals surface area contributed by atoms with Gasteiger partial charge in [0, 0.05) is 6.54 Å². The van der Waals surface area contributed by atoms with Crippen molar-refractivity contribution in [3.8, 4) is 0 Å². The SMILES string of the molecule is Cc1ccc2nc(C(C)Cl)n(CCCCN(C)C)c2c1. The van der Waals surface area contributed by atoms with Crippen molar-refractivity contribution in [1.82, 2.24) is 14.5 Å². The third kappa shape index (κ3) is 3.53. The molecular formula is C16H24ClN3. The number of alkyl halides is 1. The quantitative estimate of drug-likeness (QED) is 0.593. The molecule has 2 rings (SSSR count). The molecule has 0 aliphatic rings. The highest BCUT2D eigenvalue weighted by atomic mass is 35.5. The lowest BCUT2D eigenvalue weighted by Gasteiger charge is -2.12. The molecule has 0 saturated heterocycles. The molecule has 0 fully saturated rings. The van der Waals surface area contributed by atoms with Crippen molar-refractivity contribution in [2.75, 3.05) is 20.6 Å². The van der Waals surface area contributed by atoms with Crippen LogP contribution in [0.4, 0.5) is 0 Å². The van der Waals surface area contributed by atoms with Gasteiger partial charge >= 0.3 is 0 Å². The van der Waals surface area contributed by atoms with Gasteiger partial charge in [-0.2, -0.15) is 0 Å². The number of unbranched alkanes of at least 4 members (excludes halogenated alkanes) is 1. The van der Waals surface area contributed by atoms with Crippen LogP contribution >= 0.6 is 11.6 Å². The summed E-state index contributed by atoms with van der Waals surface area (Å²) in [6, 6.07) is 6.40. The predicted octanol–water partition coefficient (Wildman–Crippen LogP) is 3.99. The average molecular weight is 294 g/mol. The summed E-state index contributed by atoms with van der Waals surface area (Å²) in [4.78, 5) is 6.91. The zero-order chi connectivity index (χ0) is 14.7. The Labute approximate surface area is 126 Å². The normalized spacial score (nSPS) is 13.3. The Kier molecular flexibility index (Phi) is 5.06. The fourth-order valence-corrected chi connectivity index (χ4v) is 2.65. The summed E-state index contributed by atoms with van der Waals surface area (Å²) in [6.45, 7) is 6.22. The highest BCUT2D eigenvalue weighted by Crippen LogP contribution is 2.25. The largest absolute Gasteiger partial charge is 0.327 e. The van der Waals surface area contributed by atoms with Crippen molar-refractivity contribution in [3.63, 3.8) is 0 Å². The highest BCUT2D eigenvalue weighted by Gasteiger charge is 2.14. The van der Waals surface area contributed by atoms with E-state index in [1.54, 1.807) is 0 Å². The molecule has 0 aliphatic carbocycles. The Morgan fingerprint density at radius 1 is 1.30 bits per heavy atom. The highest BCUT2D eigenvalue weighted by molar-refractivity contribution is 6.20. The maximum absolute atomic E-state index is 6.29. The van der Waals surface area contributed by atoms with E-state index in [4.69, 9.17) is 11.6 Å². The number of hydrogen-bond donors (Lipinski definition) is 0. The zero-order valence-corrected chi connectivity index (χ0v) is 13.6. The van der Waals surface area contributed by atoms with Gasteiger partial charge < -0.3 is 9.47 Å². The predicted molar refractivity (Wildman–Crippen MR) is 86.5 cm³/mol. The van der Waals surface area contributed by atoms with Crippen LogP contribution in [0.3, 0.4) is 0 Å². The Balaban J connectivity index is 2.24. The summed E-state index contributed by atoms with van der Waals surface area (Å²) in [7, 11) is 4.23. The van der Waals surface area contributed by atoms with Crippen LogP contribution in [-0.4, -0.2) is 35.1 Å². The molecule has 1 unspecified atom stereocenters. The van der Waals surface area contributed by atoms with E-state index < -0.39 is 0 Å². The van der Waals surface area contributed by atoms with Crippen LogP contribution in [0, 0.1) is 6.92 Å². The van der Waals surface area contributed by atoms with Gasteiger partial charge in [-0.25, -0.2) is 4.98 Å². The van der Waals surface area contributed by atoms with Crippen LogP contribution in [-0.2, 0) is 6.54 Å². The maximum Gasteiger partial charge on any atom is 0.127 e. The van der Waals surface area contributed by atoms with Crippen molar-refractivity contribution < 1.29 is 0 Å². The van der Waals surface area contributed by atoms with Gasteiger partial charge in [-0.1, -0.05) is 6.07 Å². The van der Waals surface area contributed by atoms with Crippen LogP contribution in [0.25, 0.3) is 11.0 Å². The second kappa shape index (κ2) is 6.59. The Bertz CT molecular complexity index is 572. The van der Waals surface area contributed by atoms with E-state index in [1.165, 1.54) is 17.5 Å². The summed E-state index contributed by atoms with van der Waals surface area (Å²) < 4.78 is 2.29. The summed E-state index contributed by atoms with van der Waals surface area (Å²) in [5.41, 5.74) is 3.52. The molecule has 20 heavy (non-hydrogen) atoms. The molecule has 110 valence electrons. The number of benzene rings is 1. The molecule has 1 aromatic carbocycles. The summed E-state index contributed by atoms with van der Waals surface area (Å²) in [5, 5.41) is -0.0587. The number of fused-ring (bicyclic) bond motifs is 1. The molecule has 0 bridgehead atoms. The van der Waals surface area contributed by atoms with E-state index in [2.05, 4.69) is 53.7 Å². The number of rotatable bonds is 6. The number of halogens is 1. The van der Waals surface area contributed by atoms with Gasteiger partial charge in [0.25, 0.3) is 0 Å². The Morgan fingerprint density at radius 3 is 2.70 bits per heavy atom. The van der Waals surface area contributed by atoms with Crippen LogP contribution < -0.4 is 0 Å². The van der Waals surface area contributed by atoms with E-state index in [0.29, 0.717) is 0 Å². The Morgan fingerprint density at radius 2 is 2.05 bits per heavy atom. The number of imidazole rings is 1. The van der Waals surface area contributed by atoms with Crippen molar-refractivity contribution in [1.29, 1.82) is 0 Å². The van der Waals surface area contributed by atoms with Crippen molar-refractivity contribution in [2.24, 2.45) is 0 Å². The van der Waals surface area contributed by atoms with Gasteiger partial charge in [0.05, 0.1) is 16.4 Å². The molecule has 3 nitrogen and oxygen atoms in total. The van der Waals surface area contributed by atoms with Gasteiger partial charge in [0.1, 0.15) is 5.82 Å². The average Bonchev–Trinajstić information content (AvgIpc) is 2.73.